The summed E-state index contributed by atoms with van der Waals surface area (Å²) in [6, 6.07) is 0. The minimum Gasteiger partial charge on any atom is -0.456 e. The Morgan fingerprint density at radius 1 is 0.844 bits per heavy atom. The molecule has 0 radical (unpaired) electrons. The number of esters is 2. The molecule has 0 aliphatic rings. The molecular formula is C25H45N2O5+. The molecule has 32 heavy (non-hydrogen) atoms. The van der Waals surface area contributed by atoms with Gasteiger partial charge >= 0.3 is 11.9 Å². The summed E-state index contributed by atoms with van der Waals surface area (Å²) in [5, 5.41) is 2.93. The van der Waals surface area contributed by atoms with Crippen LogP contribution in [-0.4, -0.2) is 66.8 Å². The van der Waals surface area contributed by atoms with Crippen molar-refractivity contribution >= 4 is 17.8 Å². The Kier molecular flexibility index (Phi) is 13.2. The maximum Gasteiger partial charge on any atom is 0.362 e. The van der Waals surface area contributed by atoms with Gasteiger partial charge in [-0.1, -0.05) is 12.8 Å². The van der Waals surface area contributed by atoms with Gasteiger partial charge in [0, 0.05) is 25.8 Å². The van der Waals surface area contributed by atoms with Crippen molar-refractivity contribution in [2.75, 3.05) is 33.2 Å². The van der Waals surface area contributed by atoms with Crippen LogP contribution in [0.4, 0.5) is 0 Å². The van der Waals surface area contributed by atoms with E-state index in [4.69, 9.17) is 15.9 Å². The SMILES string of the molecule is C#CCCCCCCC(=O)NCCC[N+](C)(CC(=O)OC(C)(C)C)CC(=O)OC(C)(C)C. The molecule has 7 heteroatoms. The zero-order chi connectivity index (χ0) is 24.8. The van der Waals surface area contributed by atoms with Crippen molar-refractivity contribution in [3.63, 3.8) is 0 Å². The van der Waals surface area contributed by atoms with Gasteiger partial charge in [-0.2, -0.15) is 0 Å². The number of terminal acetylenes is 1. The number of rotatable bonds is 14. The predicted molar refractivity (Wildman–Crippen MR) is 127 cm³/mol. The number of carbonyl (C=O) groups is 3. The highest BCUT2D eigenvalue weighted by Crippen LogP contribution is 2.14. The monoisotopic (exact) mass is 453 g/mol. The maximum absolute atomic E-state index is 12.4. The van der Waals surface area contributed by atoms with E-state index in [0.717, 1.165) is 32.1 Å². The van der Waals surface area contributed by atoms with Crippen LogP contribution in [0.1, 0.15) is 86.5 Å². The first-order valence-corrected chi connectivity index (χ1v) is 11.6. The Balaban J connectivity index is 4.63. The summed E-state index contributed by atoms with van der Waals surface area (Å²) in [6.07, 6.45) is 11.0. The van der Waals surface area contributed by atoms with Crippen LogP contribution in [0.2, 0.25) is 0 Å². The molecule has 0 unspecified atom stereocenters. The van der Waals surface area contributed by atoms with Crippen molar-refractivity contribution in [2.45, 2.75) is 97.7 Å². The van der Waals surface area contributed by atoms with E-state index in [0.29, 0.717) is 25.9 Å². The molecule has 1 N–H and O–H groups in total. The van der Waals surface area contributed by atoms with Gasteiger partial charge in [-0.15, -0.1) is 12.3 Å². The summed E-state index contributed by atoms with van der Waals surface area (Å²) >= 11 is 0. The fourth-order valence-electron chi connectivity index (χ4n) is 3.23. The average Bonchev–Trinajstić information content (AvgIpc) is 2.58. The Morgan fingerprint density at radius 3 is 1.81 bits per heavy atom. The molecule has 0 saturated carbocycles. The number of likely N-dealkylation sites (N-methyl/N-ethyl adjacent to an activating group) is 1. The van der Waals surface area contributed by atoms with Crippen LogP contribution in [0.25, 0.3) is 0 Å². The molecule has 0 saturated heterocycles. The summed E-state index contributed by atoms with van der Waals surface area (Å²) in [7, 11) is 1.84. The van der Waals surface area contributed by atoms with E-state index in [1.165, 1.54) is 0 Å². The van der Waals surface area contributed by atoms with Crippen molar-refractivity contribution in [1.29, 1.82) is 0 Å². The van der Waals surface area contributed by atoms with E-state index in [1.54, 1.807) is 0 Å². The predicted octanol–water partition coefficient (Wildman–Crippen LogP) is 3.60. The van der Waals surface area contributed by atoms with Crippen molar-refractivity contribution in [2.24, 2.45) is 0 Å². The first-order valence-electron chi connectivity index (χ1n) is 11.6. The molecule has 0 spiro atoms. The topological polar surface area (TPSA) is 81.7 Å². The Labute approximate surface area is 195 Å². The third-order valence-electron chi connectivity index (χ3n) is 4.53. The summed E-state index contributed by atoms with van der Waals surface area (Å²) in [4.78, 5) is 36.9. The molecule has 0 atom stereocenters. The van der Waals surface area contributed by atoms with E-state index in [2.05, 4.69) is 11.2 Å². The van der Waals surface area contributed by atoms with Crippen LogP contribution in [0, 0.1) is 12.3 Å². The van der Waals surface area contributed by atoms with E-state index in [1.807, 2.05) is 48.6 Å². The molecule has 0 rings (SSSR count). The molecule has 0 heterocycles. The van der Waals surface area contributed by atoms with Gasteiger partial charge in [-0.3, -0.25) is 4.79 Å². The third-order valence-corrected chi connectivity index (χ3v) is 4.53. The summed E-state index contributed by atoms with van der Waals surface area (Å²) in [5.41, 5.74) is -1.19. The lowest BCUT2D eigenvalue weighted by Crippen LogP contribution is -2.53. The van der Waals surface area contributed by atoms with Crippen LogP contribution in [-0.2, 0) is 23.9 Å². The zero-order valence-electron chi connectivity index (χ0n) is 21.3. The normalized spacial score (nSPS) is 12.1. The Bertz CT molecular complexity index is 608. The van der Waals surface area contributed by atoms with Crippen LogP contribution in [0.5, 0.6) is 0 Å². The largest absolute Gasteiger partial charge is 0.456 e. The highest BCUT2D eigenvalue weighted by molar-refractivity contribution is 5.75. The second-order valence-electron chi connectivity index (χ2n) is 10.7. The van der Waals surface area contributed by atoms with Crippen LogP contribution < -0.4 is 5.32 Å². The van der Waals surface area contributed by atoms with E-state index >= 15 is 0 Å². The van der Waals surface area contributed by atoms with Crippen molar-refractivity contribution in [1.82, 2.24) is 5.32 Å². The number of nitrogens with one attached hydrogen (secondary N) is 1. The summed E-state index contributed by atoms with van der Waals surface area (Å²) < 4.78 is 11.1. The van der Waals surface area contributed by atoms with Gasteiger partial charge in [0.1, 0.15) is 11.2 Å². The van der Waals surface area contributed by atoms with E-state index in [9.17, 15) is 14.4 Å². The molecule has 0 aromatic heterocycles. The number of amides is 1. The number of carbonyl (C=O) groups excluding carboxylic acids is 3. The van der Waals surface area contributed by atoms with Gasteiger partial charge in [-0.25, -0.2) is 9.59 Å². The summed E-state index contributed by atoms with van der Waals surface area (Å²) in [6.45, 7) is 12.0. The lowest BCUT2D eigenvalue weighted by atomic mass is 10.1. The van der Waals surface area contributed by atoms with Crippen molar-refractivity contribution in [3.8, 4) is 12.3 Å². The molecular weight excluding hydrogens is 408 g/mol. The van der Waals surface area contributed by atoms with Gasteiger partial charge < -0.3 is 19.3 Å². The number of hydrogen-bond donors (Lipinski definition) is 1. The molecule has 1 amide bonds. The second kappa shape index (κ2) is 14.2. The first-order chi connectivity index (χ1) is 14.7. The van der Waals surface area contributed by atoms with Gasteiger partial charge in [0.05, 0.1) is 13.6 Å². The fraction of sp³-hybridized carbons (Fsp3) is 0.800. The minimum atomic E-state index is -0.595. The van der Waals surface area contributed by atoms with Crippen LogP contribution in [0.3, 0.4) is 0 Å². The highest BCUT2D eigenvalue weighted by Gasteiger charge is 2.33. The zero-order valence-corrected chi connectivity index (χ0v) is 21.3. The second-order valence-corrected chi connectivity index (χ2v) is 10.7. The van der Waals surface area contributed by atoms with Gasteiger partial charge in [0.25, 0.3) is 0 Å². The number of ether oxygens (including phenoxy) is 2. The minimum absolute atomic E-state index is 0.0236. The molecule has 0 aliphatic carbocycles. The highest BCUT2D eigenvalue weighted by atomic mass is 16.6. The molecule has 0 bridgehead atoms. The fourth-order valence-corrected chi connectivity index (χ4v) is 3.23. The molecule has 7 nitrogen and oxygen atoms in total. The van der Waals surface area contributed by atoms with Gasteiger partial charge in [-0.05, 0) is 54.4 Å². The van der Waals surface area contributed by atoms with E-state index < -0.39 is 11.2 Å². The maximum atomic E-state index is 12.4. The molecule has 0 fully saturated rings. The molecule has 0 aromatic carbocycles. The number of unbranched alkanes of at least 4 members (excludes halogenated alkanes) is 4. The molecule has 0 aromatic rings. The third kappa shape index (κ3) is 17.6. The number of hydrogen-bond acceptors (Lipinski definition) is 5. The van der Waals surface area contributed by atoms with E-state index in [-0.39, 0.29) is 35.4 Å². The Morgan fingerprint density at radius 2 is 1.34 bits per heavy atom. The average molecular weight is 454 g/mol. The number of nitrogens with zero attached hydrogens (tertiary/aromatic N) is 1. The van der Waals surface area contributed by atoms with Gasteiger partial charge in [0.2, 0.25) is 5.91 Å². The lowest BCUT2D eigenvalue weighted by molar-refractivity contribution is -0.895. The van der Waals surface area contributed by atoms with Crippen LogP contribution >= 0.6 is 0 Å². The quantitative estimate of drug-likeness (QED) is 0.188. The first kappa shape index (κ1) is 29.9. The number of quaternary nitrogens is 1. The van der Waals surface area contributed by atoms with Crippen LogP contribution in [0.15, 0.2) is 0 Å². The lowest BCUT2D eigenvalue weighted by Gasteiger charge is -2.34. The Hall–Kier alpha value is -2.07. The smallest absolute Gasteiger partial charge is 0.362 e. The molecule has 0 aliphatic heterocycles. The van der Waals surface area contributed by atoms with Gasteiger partial charge in [0.15, 0.2) is 13.1 Å². The molecule has 184 valence electrons. The standard InChI is InChI=1S/C25H44N2O5/c1-9-10-11-12-13-14-16-21(28)26-17-15-18-27(8,19-22(29)31-24(2,3)4)20-23(30)32-25(5,6)7/h1H,10-20H2,2-8H3/p+1. The van der Waals surface area contributed by atoms with Crippen molar-refractivity contribution in [3.05, 3.63) is 0 Å². The van der Waals surface area contributed by atoms with Crippen molar-refractivity contribution < 1.29 is 28.3 Å². The summed E-state index contributed by atoms with van der Waals surface area (Å²) in [5.74, 6) is 1.92.